The summed E-state index contributed by atoms with van der Waals surface area (Å²) in [6, 6.07) is 10.3. The van der Waals surface area contributed by atoms with Crippen molar-refractivity contribution >= 4 is 44.8 Å². The molecule has 8 heteroatoms. The summed E-state index contributed by atoms with van der Waals surface area (Å²) in [4.78, 5) is 26.7. The van der Waals surface area contributed by atoms with Gasteiger partial charge in [0.2, 0.25) is 0 Å². The number of hydrogen-bond acceptors (Lipinski definition) is 7. The van der Waals surface area contributed by atoms with Crippen molar-refractivity contribution in [2.75, 3.05) is 23.3 Å². The highest BCUT2D eigenvalue weighted by Gasteiger charge is 2.36. The fraction of sp³-hybridized carbons (Fsp3) is 0.435. The lowest BCUT2D eigenvalue weighted by molar-refractivity contribution is 0.00567. The molecule has 4 rings (SSSR count). The van der Waals surface area contributed by atoms with Gasteiger partial charge in [-0.05, 0) is 58.2 Å². The Kier molecular flexibility index (Phi) is 5.75. The molecule has 1 aliphatic heterocycles. The van der Waals surface area contributed by atoms with E-state index in [-0.39, 0.29) is 18.2 Å². The largest absolute Gasteiger partial charge is 0.444 e. The van der Waals surface area contributed by atoms with Gasteiger partial charge in [0, 0.05) is 13.1 Å². The number of amides is 1. The summed E-state index contributed by atoms with van der Waals surface area (Å²) in [6.45, 7) is 11.3. The van der Waals surface area contributed by atoms with Gasteiger partial charge in [0.25, 0.3) is 0 Å². The molecule has 3 aromatic rings. The van der Waals surface area contributed by atoms with Crippen molar-refractivity contribution in [3.63, 3.8) is 0 Å². The van der Waals surface area contributed by atoms with Gasteiger partial charge in [0.15, 0.2) is 0 Å². The maximum atomic E-state index is 12.7. The average Bonchev–Trinajstić information content (AvgIpc) is 3.16. The second-order valence-electron chi connectivity index (χ2n) is 8.99. The zero-order valence-corrected chi connectivity index (χ0v) is 19.4. The molecular formula is C23H29N5O2S. The van der Waals surface area contributed by atoms with Gasteiger partial charge in [0.05, 0.1) is 28.8 Å². The summed E-state index contributed by atoms with van der Waals surface area (Å²) in [5.41, 5.74) is 1.57. The molecule has 1 amide bonds. The molecule has 7 nitrogen and oxygen atoms in total. The first-order chi connectivity index (χ1) is 14.7. The van der Waals surface area contributed by atoms with Crippen LogP contribution in [0.15, 0.2) is 42.0 Å². The molecule has 1 aromatic carbocycles. The minimum atomic E-state index is -0.505. The standard InChI is InChI=1S/C23H29N5O2S/c1-15-12-27(13-16(2)28(15)22(29)30-23(3,4)5)19-9-7-6-8-18(19)26-20-17-10-11-31-21(17)25-14-24-20/h6-11,14-16H,12-13H2,1-5H3,(H,24,25,26). The lowest BCUT2D eigenvalue weighted by Gasteiger charge is -2.45. The number of rotatable bonds is 3. The number of nitrogens with zero attached hydrogens (tertiary/aromatic N) is 4. The highest BCUT2D eigenvalue weighted by Crippen LogP contribution is 2.34. The molecule has 0 radical (unpaired) electrons. The third-order valence-corrected chi connectivity index (χ3v) is 6.10. The predicted octanol–water partition coefficient (Wildman–Crippen LogP) is 5.27. The predicted molar refractivity (Wildman–Crippen MR) is 126 cm³/mol. The Hall–Kier alpha value is -2.87. The van der Waals surface area contributed by atoms with Crippen molar-refractivity contribution in [3.05, 3.63) is 42.0 Å². The van der Waals surface area contributed by atoms with Crippen molar-refractivity contribution in [2.24, 2.45) is 0 Å². The van der Waals surface area contributed by atoms with Crippen molar-refractivity contribution < 1.29 is 9.53 Å². The van der Waals surface area contributed by atoms with Crippen LogP contribution in [0.1, 0.15) is 34.6 Å². The first-order valence-corrected chi connectivity index (χ1v) is 11.4. The quantitative estimate of drug-likeness (QED) is 0.600. The zero-order valence-electron chi connectivity index (χ0n) is 18.6. The highest BCUT2D eigenvalue weighted by atomic mass is 32.1. The first kappa shape index (κ1) is 21.4. The Morgan fingerprint density at radius 2 is 1.84 bits per heavy atom. The molecule has 0 saturated carbocycles. The van der Waals surface area contributed by atoms with Crippen molar-refractivity contribution in [2.45, 2.75) is 52.3 Å². The maximum absolute atomic E-state index is 12.7. The number of fused-ring (bicyclic) bond motifs is 1. The number of aromatic nitrogens is 2. The molecule has 1 aliphatic rings. The molecule has 0 spiro atoms. The number of carbonyl (C=O) groups is 1. The second-order valence-corrected chi connectivity index (χ2v) is 9.89. The summed E-state index contributed by atoms with van der Waals surface area (Å²) >= 11 is 1.60. The van der Waals surface area contributed by atoms with E-state index < -0.39 is 5.60 Å². The number of thiophene rings is 1. The zero-order chi connectivity index (χ0) is 22.2. The minimum Gasteiger partial charge on any atom is -0.444 e. The smallest absolute Gasteiger partial charge is 0.410 e. The van der Waals surface area contributed by atoms with E-state index in [1.54, 1.807) is 17.7 Å². The second kappa shape index (κ2) is 8.34. The summed E-state index contributed by atoms with van der Waals surface area (Å²) in [5.74, 6) is 0.798. The number of carbonyl (C=O) groups excluding carboxylic acids is 1. The van der Waals surface area contributed by atoms with Crippen LogP contribution >= 0.6 is 11.3 Å². The number of hydrogen-bond donors (Lipinski definition) is 1. The van der Waals surface area contributed by atoms with Crippen LogP contribution in [0.3, 0.4) is 0 Å². The van der Waals surface area contributed by atoms with Crippen molar-refractivity contribution in [1.82, 2.24) is 14.9 Å². The van der Waals surface area contributed by atoms with Gasteiger partial charge >= 0.3 is 6.09 Å². The van der Waals surface area contributed by atoms with Crippen molar-refractivity contribution in [3.8, 4) is 0 Å². The van der Waals surface area contributed by atoms with Crippen LogP contribution in [0.2, 0.25) is 0 Å². The van der Waals surface area contributed by atoms with Crippen LogP contribution in [-0.2, 0) is 4.74 Å². The number of benzene rings is 1. The van der Waals surface area contributed by atoms with Crippen LogP contribution in [0, 0.1) is 0 Å². The van der Waals surface area contributed by atoms with Crippen LogP contribution in [0.25, 0.3) is 10.2 Å². The van der Waals surface area contributed by atoms with Gasteiger partial charge in [-0.25, -0.2) is 14.8 Å². The molecule has 0 bridgehead atoms. The van der Waals surface area contributed by atoms with Crippen LogP contribution in [-0.4, -0.2) is 51.7 Å². The number of piperazine rings is 1. The molecule has 164 valence electrons. The normalized spacial score (nSPS) is 19.5. The third kappa shape index (κ3) is 4.58. The average molecular weight is 440 g/mol. The molecule has 1 saturated heterocycles. The molecule has 1 fully saturated rings. The van der Waals surface area contributed by atoms with Crippen LogP contribution in [0.5, 0.6) is 0 Å². The SMILES string of the molecule is CC1CN(c2ccccc2Nc2ncnc3sccc23)CC(C)N1C(=O)OC(C)(C)C. The van der Waals surface area contributed by atoms with Crippen LogP contribution < -0.4 is 10.2 Å². The molecule has 2 unspecified atom stereocenters. The molecule has 0 aliphatic carbocycles. The van der Waals surface area contributed by atoms with E-state index in [1.807, 2.05) is 49.3 Å². The Morgan fingerprint density at radius 3 is 2.55 bits per heavy atom. The van der Waals surface area contributed by atoms with Gasteiger partial charge in [-0.15, -0.1) is 11.3 Å². The first-order valence-electron chi connectivity index (χ1n) is 10.5. The summed E-state index contributed by atoms with van der Waals surface area (Å²) in [7, 11) is 0. The topological polar surface area (TPSA) is 70.6 Å². The van der Waals surface area contributed by atoms with Gasteiger partial charge in [0.1, 0.15) is 22.6 Å². The molecule has 1 N–H and O–H groups in total. The molecular weight excluding hydrogens is 410 g/mol. The lowest BCUT2D eigenvalue weighted by atomic mass is 10.1. The molecule has 2 aromatic heterocycles. The highest BCUT2D eigenvalue weighted by molar-refractivity contribution is 7.16. The Bertz CT molecular complexity index is 1070. The Labute approximate surface area is 187 Å². The van der Waals surface area contributed by atoms with E-state index >= 15 is 0 Å². The number of nitrogens with one attached hydrogen (secondary N) is 1. The number of anilines is 3. The fourth-order valence-corrected chi connectivity index (χ4v) is 4.80. The van der Waals surface area contributed by atoms with Crippen molar-refractivity contribution in [1.29, 1.82) is 0 Å². The number of ether oxygens (including phenoxy) is 1. The van der Waals surface area contributed by atoms with E-state index in [1.165, 1.54) is 0 Å². The lowest BCUT2D eigenvalue weighted by Crippen LogP contribution is -2.59. The Morgan fingerprint density at radius 1 is 1.13 bits per heavy atom. The Balaban J connectivity index is 1.56. The van der Waals surface area contributed by atoms with Gasteiger partial charge in [-0.3, -0.25) is 4.90 Å². The fourth-order valence-electron chi connectivity index (χ4n) is 4.07. The minimum absolute atomic E-state index is 0.0225. The van der Waals surface area contributed by atoms with Gasteiger partial charge in [-0.2, -0.15) is 0 Å². The van der Waals surface area contributed by atoms with E-state index in [2.05, 4.69) is 46.2 Å². The van der Waals surface area contributed by atoms with Crippen LogP contribution in [0.4, 0.5) is 22.0 Å². The van der Waals surface area contributed by atoms with E-state index in [4.69, 9.17) is 4.74 Å². The summed E-state index contributed by atoms with van der Waals surface area (Å²) < 4.78 is 5.64. The summed E-state index contributed by atoms with van der Waals surface area (Å²) in [6.07, 6.45) is 1.34. The monoisotopic (exact) mass is 439 g/mol. The molecule has 2 atom stereocenters. The third-order valence-electron chi connectivity index (χ3n) is 5.28. The molecule has 31 heavy (non-hydrogen) atoms. The maximum Gasteiger partial charge on any atom is 0.410 e. The van der Waals surface area contributed by atoms with E-state index in [9.17, 15) is 4.79 Å². The van der Waals surface area contributed by atoms with E-state index in [0.29, 0.717) is 0 Å². The number of para-hydroxylation sites is 2. The van der Waals surface area contributed by atoms with Gasteiger partial charge in [-0.1, -0.05) is 12.1 Å². The van der Waals surface area contributed by atoms with Gasteiger partial charge < -0.3 is 15.0 Å². The summed E-state index contributed by atoms with van der Waals surface area (Å²) in [5, 5.41) is 6.54. The molecule has 3 heterocycles. The van der Waals surface area contributed by atoms with E-state index in [0.717, 1.165) is 40.5 Å².